The average molecular weight is 326 g/mol. The van der Waals surface area contributed by atoms with Gasteiger partial charge in [0.05, 0.1) is 6.10 Å². The zero-order valence-electron chi connectivity index (χ0n) is 15.5. The molecule has 1 fully saturated rings. The lowest BCUT2D eigenvalue weighted by molar-refractivity contribution is -0.117. The van der Waals surface area contributed by atoms with E-state index in [9.17, 15) is 9.90 Å². The monoisotopic (exact) mass is 325 g/mol. The number of aliphatic hydroxyl groups is 1. The molecule has 0 radical (unpaired) electrons. The number of rotatable bonds is 13. The molecular weight excluding hydrogens is 286 g/mol. The third-order valence-corrected chi connectivity index (χ3v) is 5.22. The average Bonchev–Trinajstić information content (AvgIpc) is 2.51. The van der Waals surface area contributed by atoms with Crippen LogP contribution in [-0.4, -0.2) is 29.1 Å². The van der Waals surface area contributed by atoms with Gasteiger partial charge in [-0.25, -0.2) is 0 Å². The molecular formula is C20H39NO2. The third-order valence-electron chi connectivity index (χ3n) is 5.22. The smallest absolute Gasteiger partial charge is 0.129 e. The van der Waals surface area contributed by atoms with Gasteiger partial charge < -0.3 is 15.2 Å². The quantitative estimate of drug-likeness (QED) is 0.480. The van der Waals surface area contributed by atoms with E-state index < -0.39 is 0 Å². The lowest BCUT2D eigenvalue weighted by Crippen LogP contribution is -2.48. The Morgan fingerprint density at radius 1 is 0.913 bits per heavy atom. The number of carbonyl (C=O) groups excluding carboxylic acids is 1. The van der Waals surface area contributed by atoms with Crippen LogP contribution in [0.2, 0.25) is 0 Å². The maximum atomic E-state index is 10.8. The normalized spacial score (nSPS) is 24.7. The molecule has 3 nitrogen and oxygen atoms in total. The molecule has 136 valence electrons. The van der Waals surface area contributed by atoms with E-state index in [2.05, 4.69) is 12.2 Å². The summed E-state index contributed by atoms with van der Waals surface area (Å²) in [4.78, 5) is 10.8. The fourth-order valence-corrected chi connectivity index (χ4v) is 3.59. The van der Waals surface area contributed by atoms with Crippen molar-refractivity contribution in [2.24, 2.45) is 0 Å². The Morgan fingerprint density at radius 2 is 1.43 bits per heavy atom. The van der Waals surface area contributed by atoms with Gasteiger partial charge in [-0.2, -0.15) is 0 Å². The molecule has 0 aliphatic carbocycles. The maximum Gasteiger partial charge on any atom is 0.129 e. The molecule has 3 atom stereocenters. The Morgan fingerprint density at radius 3 is 1.96 bits per heavy atom. The summed E-state index contributed by atoms with van der Waals surface area (Å²) >= 11 is 0. The minimum atomic E-state index is -0.145. The molecule has 1 saturated heterocycles. The van der Waals surface area contributed by atoms with E-state index >= 15 is 0 Å². The predicted octanol–water partition coefficient (Wildman–Crippen LogP) is 4.76. The van der Waals surface area contributed by atoms with Crippen LogP contribution in [0.25, 0.3) is 0 Å². The molecule has 1 aliphatic rings. The van der Waals surface area contributed by atoms with Crippen LogP contribution in [0, 0.1) is 0 Å². The van der Waals surface area contributed by atoms with Crippen molar-refractivity contribution < 1.29 is 9.90 Å². The fourth-order valence-electron chi connectivity index (χ4n) is 3.59. The van der Waals surface area contributed by atoms with Gasteiger partial charge in [-0.3, -0.25) is 0 Å². The zero-order chi connectivity index (χ0) is 16.9. The summed E-state index contributed by atoms with van der Waals surface area (Å²) in [5.41, 5.74) is 0. The van der Waals surface area contributed by atoms with E-state index in [0.717, 1.165) is 25.7 Å². The van der Waals surface area contributed by atoms with Crippen molar-refractivity contribution >= 4 is 5.78 Å². The van der Waals surface area contributed by atoms with E-state index in [4.69, 9.17) is 0 Å². The summed E-state index contributed by atoms with van der Waals surface area (Å²) in [6.07, 6.45) is 17.1. The minimum absolute atomic E-state index is 0.145. The summed E-state index contributed by atoms with van der Waals surface area (Å²) in [6, 6.07) is 0.896. The number of Topliss-reactive ketones (excluding diaryl/α,β-unsaturated/α-hetero) is 1. The van der Waals surface area contributed by atoms with Crippen molar-refractivity contribution in [3.63, 3.8) is 0 Å². The third kappa shape index (κ3) is 10.9. The van der Waals surface area contributed by atoms with Crippen LogP contribution in [0.15, 0.2) is 0 Å². The van der Waals surface area contributed by atoms with Crippen LogP contribution < -0.4 is 5.32 Å². The zero-order valence-corrected chi connectivity index (χ0v) is 15.5. The van der Waals surface area contributed by atoms with Crippen molar-refractivity contribution in [3.8, 4) is 0 Å². The number of aliphatic hydroxyl groups excluding tert-OH is 1. The molecule has 0 amide bonds. The van der Waals surface area contributed by atoms with Crippen molar-refractivity contribution in [2.45, 2.75) is 122 Å². The van der Waals surface area contributed by atoms with Gasteiger partial charge in [-0.1, -0.05) is 57.8 Å². The van der Waals surface area contributed by atoms with Crippen LogP contribution >= 0.6 is 0 Å². The molecule has 0 bridgehead atoms. The van der Waals surface area contributed by atoms with Gasteiger partial charge in [0.15, 0.2) is 0 Å². The van der Waals surface area contributed by atoms with Crippen LogP contribution in [0.5, 0.6) is 0 Å². The largest absolute Gasteiger partial charge is 0.392 e. The van der Waals surface area contributed by atoms with E-state index in [1.807, 2.05) is 0 Å². The van der Waals surface area contributed by atoms with Crippen LogP contribution in [0.3, 0.4) is 0 Å². The standard InChI is InChI=1S/C20H39NO2/c1-17(22)13-11-9-7-5-3-4-6-8-10-12-14-19-15-16-20(23)18(2)21-19/h18-21,23H,3-16H2,1-2H3/t18-,19?,20-/m0/s1. The Bertz CT molecular complexity index is 306. The Kier molecular flexibility index (Phi) is 11.6. The van der Waals surface area contributed by atoms with Crippen molar-refractivity contribution in [1.29, 1.82) is 0 Å². The van der Waals surface area contributed by atoms with Gasteiger partial charge in [0.2, 0.25) is 0 Å². The molecule has 0 spiro atoms. The number of hydrogen-bond acceptors (Lipinski definition) is 3. The Hall–Kier alpha value is -0.410. The van der Waals surface area contributed by atoms with Crippen LogP contribution in [0.1, 0.15) is 104 Å². The number of unbranched alkanes of at least 4 members (excludes halogenated alkanes) is 9. The van der Waals surface area contributed by atoms with Crippen molar-refractivity contribution in [2.75, 3.05) is 0 Å². The lowest BCUT2D eigenvalue weighted by atomic mass is 9.93. The number of carbonyl (C=O) groups is 1. The Balaban J connectivity index is 1.79. The van der Waals surface area contributed by atoms with Crippen LogP contribution in [0.4, 0.5) is 0 Å². The summed E-state index contributed by atoms with van der Waals surface area (Å²) in [6.45, 7) is 3.78. The van der Waals surface area contributed by atoms with Crippen molar-refractivity contribution in [1.82, 2.24) is 5.32 Å². The van der Waals surface area contributed by atoms with E-state index in [-0.39, 0.29) is 12.1 Å². The molecule has 0 aromatic rings. The predicted molar refractivity (Wildman–Crippen MR) is 97.7 cm³/mol. The van der Waals surface area contributed by atoms with Crippen molar-refractivity contribution in [3.05, 3.63) is 0 Å². The second kappa shape index (κ2) is 12.9. The highest BCUT2D eigenvalue weighted by atomic mass is 16.3. The van der Waals surface area contributed by atoms with Gasteiger partial charge in [0, 0.05) is 18.5 Å². The molecule has 0 aromatic heterocycles. The lowest BCUT2D eigenvalue weighted by Gasteiger charge is -2.32. The molecule has 0 saturated carbocycles. The fraction of sp³-hybridized carbons (Fsp3) is 0.950. The second-order valence-electron chi connectivity index (χ2n) is 7.57. The highest BCUT2D eigenvalue weighted by Gasteiger charge is 2.24. The van der Waals surface area contributed by atoms with Gasteiger partial charge in [0.1, 0.15) is 5.78 Å². The van der Waals surface area contributed by atoms with E-state index in [1.165, 1.54) is 64.2 Å². The van der Waals surface area contributed by atoms with E-state index in [0.29, 0.717) is 11.8 Å². The highest BCUT2D eigenvalue weighted by Crippen LogP contribution is 2.18. The molecule has 1 unspecified atom stereocenters. The minimum Gasteiger partial charge on any atom is -0.392 e. The van der Waals surface area contributed by atoms with Crippen LogP contribution in [-0.2, 0) is 4.79 Å². The molecule has 0 aromatic carbocycles. The first-order valence-corrected chi connectivity index (χ1v) is 10.0. The van der Waals surface area contributed by atoms with Gasteiger partial charge in [0.25, 0.3) is 0 Å². The topological polar surface area (TPSA) is 49.3 Å². The van der Waals surface area contributed by atoms with Gasteiger partial charge in [-0.15, -0.1) is 0 Å². The molecule has 3 heteroatoms. The molecule has 23 heavy (non-hydrogen) atoms. The summed E-state index contributed by atoms with van der Waals surface area (Å²) in [7, 11) is 0. The number of ketones is 1. The molecule has 1 heterocycles. The summed E-state index contributed by atoms with van der Waals surface area (Å²) in [5.74, 6) is 0.332. The second-order valence-corrected chi connectivity index (χ2v) is 7.57. The molecule has 1 rings (SSSR count). The first-order valence-electron chi connectivity index (χ1n) is 10.0. The number of nitrogens with one attached hydrogen (secondary N) is 1. The molecule has 2 N–H and O–H groups in total. The van der Waals surface area contributed by atoms with Gasteiger partial charge in [-0.05, 0) is 39.5 Å². The SMILES string of the molecule is CC(=O)CCCCCCCCCCCCC1CC[C@H](O)[C@H](C)N1. The number of hydrogen-bond donors (Lipinski definition) is 2. The first kappa shape index (κ1) is 20.6. The Labute approximate surface area is 143 Å². The first-order chi connectivity index (χ1) is 11.1. The number of piperidine rings is 1. The highest BCUT2D eigenvalue weighted by molar-refractivity contribution is 5.75. The maximum absolute atomic E-state index is 10.8. The van der Waals surface area contributed by atoms with Gasteiger partial charge >= 0.3 is 0 Å². The molecule has 1 aliphatic heterocycles. The summed E-state index contributed by atoms with van der Waals surface area (Å²) in [5, 5.41) is 13.2. The van der Waals surface area contributed by atoms with E-state index in [1.54, 1.807) is 6.92 Å². The summed E-state index contributed by atoms with van der Waals surface area (Å²) < 4.78 is 0.